The number of aromatic hydroxyl groups is 2. The Morgan fingerprint density at radius 3 is 2.11 bits per heavy atom. The second kappa shape index (κ2) is 7.44. The average molecular weight is 375 g/mol. The van der Waals surface area contributed by atoms with Gasteiger partial charge in [-0.15, -0.1) is 0 Å². The Morgan fingerprint density at radius 1 is 0.889 bits per heavy atom. The van der Waals surface area contributed by atoms with Crippen LogP contribution in [0.2, 0.25) is 0 Å². The second-order valence-electron chi connectivity index (χ2n) is 5.36. The van der Waals surface area contributed by atoms with Crippen molar-refractivity contribution in [3.8, 4) is 11.5 Å². The van der Waals surface area contributed by atoms with Crippen LogP contribution in [-0.2, 0) is 11.2 Å². The van der Waals surface area contributed by atoms with Crippen molar-refractivity contribution in [1.29, 1.82) is 0 Å². The van der Waals surface area contributed by atoms with Gasteiger partial charge in [0.05, 0.1) is 28.8 Å². The molecular formula is C17H13NO9. The topological polar surface area (TPSA) is 181 Å². The van der Waals surface area contributed by atoms with E-state index in [9.17, 15) is 34.5 Å². The fourth-order valence-corrected chi connectivity index (χ4v) is 2.40. The largest absolute Gasteiger partial charge is 0.508 e. The summed E-state index contributed by atoms with van der Waals surface area (Å²) in [6.45, 7) is 0. The smallest absolute Gasteiger partial charge is 0.338 e. The van der Waals surface area contributed by atoms with Crippen LogP contribution in [0, 0.1) is 0 Å². The molecule has 0 fully saturated rings. The summed E-state index contributed by atoms with van der Waals surface area (Å²) in [6.07, 6.45) is -0.671. The van der Waals surface area contributed by atoms with E-state index in [4.69, 9.17) is 10.2 Å². The first kappa shape index (κ1) is 19.2. The molecule has 0 aliphatic carbocycles. The fourth-order valence-electron chi connectivity index (χ4n) is 2.40. The number of hydrogen-bond donors (Lipinski definition) is 6. The number of anilines is 1. The van der Waals surface area contributed by atoms with Crippen LogP contribution in [0.15, 0.2) is 30.3 Å². The Kier molecular flexibility index (Phi) is 5.30. The molecule has 0 aromatic heterocycles. The van der Waals surface area contributed by atoms with E-state index in [-0.39, 0.29) is 11.3 Å². The van der Waals surface area contributed by atoms with Gasteiger partial charge >= 0.3 is 17.9 Å². The van der Waals surface area contributed by atoms with Crippen LogP contribution >= 0.6 is 0 Å². The van der Waals surface area contributed by atoms with Crippen molar-refractivity contribution in [3.63, 3.8) is 0 Å². The molecule has 0 saturated heterocycles. The maximum absolute atomic E-state index is 12.4. The van der Waals surface area contributed by atoms with Gasteiger partial charge in [-0.25, -0.2) is 9.59 Å². The fraction of sp³-hybridized carbons (Fsp3) is 0.0588. The van der Waals surface area contributed by atoms with Gasteiger partial charge in [-0.2, -0.15) is 0 Å². The maximum Gasteiger partial charge on any atom is 0.338 e. The van der Waals surface area contributed by atoms with Crippen molar-refractivity contribution < 1.29 is 44.7 Å². The lowest BCUT2D eigenvalue weighted by Gasteiger charge is -2.13. The summed E-state index contributed by atoms with van der Waals surface area (Å²) in [5, 5.41) is 49.0. The Morgan fingerprint density at radius 2 is 1.56 bits per heavy atom. The number of nitrogens with one attached hydrogen (secondary N) is 1. The third-order valence-corrected chi connectivity index (χ3v) is 3.52. The number of benzene rings is 2. The summed E-state index contributed by atoms with van der Waals surface area (Å²) >= 11 is 0. The molecule has 1 amide bonds. The van der Waals surface area contributed by atoms with Gasteiger partial charge in [0.2, 0.25) is 0 Å². The van der Waals surface area contributed by atoms with Crippen LogP contribution in [0.3, 0.4) is 0 Å². The van der Waals surface area contributed by atoms with Crippen molar-refractivity contribution in [1.82, 2.24) is 0 Å². The molecule has 0 bridgehead atoms. The molecule has 27 heavy (non-hydrogen) atoms. The highest BCUT2D eigenvalue weighted by molar-refractivity contribution is 6.12. The highest BCUT2D eigenvalue weighted by Crippen LogP contribution is 2.30. The van der Waals surface area contributed by atoms with Gasteiger partial charge in [-0.05, 0) is 24.3 Å². The number of aromatic carboxylic acids is 2. The van der Waals surface area contributed by atoms with Crippen molar-refractivity contribution in [2.75, 3.05) is 5.32 Å². The van der Waals surface area contributed by atoms with Gasteiger partial charge in [0.15, 0.2) is 0 Å². The first-order valence-electron chi connectivity index (χ1n) is 7.29. The van der Waals surface area contributed by atoms with Crippen LogP contribution < -0.4 is 5.32 Å². The van der Waals surface area contributed by atoms with Gasteiger partial charge in [-0.1, -0.05) is 6.07 Å². The van der Waals surface area contributed by atoms with Crippen LogP contribution in [0.25, 0.3) is 0 Å². The van der Waals surface area contributed by atoms with Gasteiger partial charge in [-0.3, -0.25) is 9.59 Å². The molecule has 0 radical (unpaired) electrons. The highest BCUT2D eigenvalue weighted by Gasteiger charge is 2.23. The molecule has 0 aliphatic rings. The summed E-state index contributed by atoms with van der Waals surface area (Å²) in [7, 11) is 0. The van der Waals surface area contributed by atoms with E-state index >= 15 is 0 Å². The summed E-state index contributed by atoms with van der Waals surface area (Å²) in [6, 6.07) is 5.22. The van der Waals surface area contributed by atoms with Gasteiger partial charge in [0.25, 0.3) is 5.91 Å². The molecule has 140 valence electrons. The predicted molar refractivity (Wildman–Crippen MR) is 89.4 cm³/mol. The molecule has 0 heterocycles. The number of carbonyl (C=O) groups is 4. The third-order valence-electron chi connectivity index (χ3n) is 3.52. The minimum absolute atomic E-state index is 0.231. The van der Waals surface area contributed by atoms with E-state index in [0.717, 1.165) is 24.3 Å². The summed E-state index contributed by atoms with van der Waals surface area (Å²) in [5.41, 5.74) is -2.33. The SMILES string of the molecule is O=C(O)Cc1cc(O)cc(C(=O)Nc2cccc(C(=O)O)c2C(=O)O)c1O. The zero-order valence-electron chi connectivity index (χ0n) is 13.5. The number of carboxylic acids is 3. The zero-order valence-corrected chi connectivity index (χ0v) is 13.5. The number of rotatable bonds is 6. The third kappa shape index (κ3) is 4.12. The molecule has 2 rings (SSSR count). The van der Waals surface area contributed by atoms with E-state index in [1.54, 1.807) is 0 Å². The van der Waals surface area contributed by atoms with Crippen LogP contribution in [-0.4, -0.2) is 49.3 Å². The molecule has 0 atom stereocenters. The van der Waals surface area contributed by atoms with E-state index in [2.05, 4.69) is 5.32 Å². The summed E-state index contributed by atoms with van der Waals surface area (Å²) in [4.78, 5) is 45.8. The molecule has 10 heteroatoms. The van der Waals surface area contributed by atoms with Crippen molar-refractivity contribution in [2.24, 2.45) is 0 Å². The lowest BCUT2D eigenvalue weighted by Crippen LogP contribution is -2.18. The number of amides is 1. The standard InChI is InChI=1S/C17H13NO9/c19-8-4-7(5-12(20)21)14(22)10(6-8)15(23)18-11-3-1-2-9(16(24)25)13(11)17(26)27/h1-4,6,19,22H,5H2,(H,18,23)(H,20,21)(H,24,25)(H,26,27). The van der Waals surface area contributed by atoms with Crippen molar-refractivity contribution >= 4 is 29.5 Å². The first-order valence-corrected chi connectivity index (χ1v) is 7.29. The molecular weight excluding hydrogens is 362 g/mol. The number of phenols is 2. The van der Waals surface area contributed by atoms with E-state index in [1.165, 1.54) is 6.07 Å². The molecule has 0 saturated carbocycles. The zero-order chi connectivity index (χ0) is 20.3. The Bertz CT molecular complexity index is 965. The monoisotopic (exact) mass is 375 g/mol. The second-order valence-corrected chi connectivity index (χ2v) is 5.36. The van der Waals surface area contributed by atoms with Crippen molar-refractivity contribution in [3.05, 3.63) is 52.6 Å². The predicted octanol–water partition coefficient (Wildman–Crippen LogP) is 1.37. The van der Waals surface area contributed by atoms with Gasteiger partial charge < -0.3 is 30.8 Å². The minimum atomic E-state index is -1.60. The molecule has 10 nitrogen and oxygen atoms in total. The molecule has 0 spiro atoms. The normalized spacial score (nSPS) is 10.2. The quantitative estimate of drug-likeness (QED) is 0.406. The Labute approximate surface area is 150 Å². The number of carbonyl (C=O) groups excluding carboxylic acids is 1. The molecule has 6 N–H and O–H groups in total. The van der Waals surface area contributed by atoms with Crippen LogP contribution in [0.5, 0.6) is 11.5 Å². The lowest BCUT2D eigenvalue weighted by atomic mass is 10.0. The van der Waals surface area contributed by atoms with Crippen LogP contribution in [0.4, 0.5) is 5.69 Å². The van der Waals surface area contributed by atoms with Crippen LogP contribution in [0.1, 0.15) is 36.6 Å². The van der Waals surface area contributed by atoms with Crippen molar-refractivity contribution in [2.45, 2.75) is 6.42 Å². The molecule has 0 aliphatic heterocycles. The van der Waals surface area contributed by atoms with E-state index in [0.29, 0.717) is 0 Å². The Hall–Kier alpha value is -4.08. The molecule has 2 aromatic carbocycles. The summed E-state index contributed by atoms with van der Waals surface area (Å²) < 4.78 is 0. The minimum Gasteiger partial charge on any atom is -0.508 e. The summed E-state index contributed by atoms with van der Waals surface area (Å²) in [5.74, 6) is -6.71. The number of hydrogen-bond acceptors (Lipinski definition) is 6. The first-order chi connectivity index (χ1) is 12.6. The molecule has 0 unspecified atom stereocenters. The number of carboxylic acid groups (broad SMARTS) is 3. The highest BCUT2D eigenvalue weighted by atomic mass is 16.4. The lowest BCUT2D eigenvalue weighted by molar-refractivity contribution is -0.136. The van der Waals surface area contributed by atoms with E-state index < -0.39 is 58.4 Å². The van der Waals surface area contributed by atoms with Gasteiger partial charge in [0, 0.05) is 5.56 Å². The number of phenolic OH excluding ortho intramolecular Hbond substituents is 2. The maximum atomic E-state index is 12.4. The van der Waals surface area contributed by atoms with Gasteiger partial charge in [0.1, 0.15) is 11.5 Å². The number of aliphatic carboxylic acids is 1. The Balaban J connectivity index is 2.49. The molecule has 2 aromatic rings. The average Bonchev–Trinajstić information content (AvgIpc) is 2.56. The van der Waals surface area contributed by atoms with E-state index in [1.807, 2.05) is 0 Å².